The third-order valence-electron chi connectivity index (χ3n) is 4.23. The van der Waals surface area contributed by atoms with Crippen LogP contribution in [0.5, 0.6) is 5.75 Å². The van der Waals surface area contributed by atoms with Gasteiger partial charge < -0.3 is 18.8 Å². The zero-order valence-electron chi connectivity index (χ0n) is 14.0. The molecule has 1 fully saturated rings. The van der Waals surface area contributed by atoms with Gasteiger partial charge >= 0.3 is 5.97 Å². The average Bonchev–Trinajstić information content (AvgIpc) is 3.10. The molecule has 0 amide bonds. The summed E-state index contributed by atoms with van der Waals surface area (Å²) < 4.78 is 15.6. The molecule has 1 aromatic carbocycles. The number of ether oxygens (including phenoxy) is 2. The Morgan fingerprint density at radius 2 is 1.83 bits per heavy atom. The van der Waals surface area contributed by atoms with Crippen molar-refractivity contribution in [2.24, 2.45) is 0 Å². The number of furan rings is 1. The lowest BCUT2D eigenvalue weighted by Crippen LogP contribution is -2.46. The van der Waals surface area contributed by atoms with E-state index in [-0.39, 0.29) is 5.76 Å². The number of anilines is 1. The first-order valence-electron chi connectivity index (χ1n) is 7.98. The van der Waals surface area contributed by atoms with Crippen molar-refractivity contribution < 1.29 is 18.7 Å². The van der Waals surface area contributed by atoms with E-state index in [0.29, 0.717) is 6.54 Å². The van der Waals surface area contributed by atoms with Crippen LogP contribution in [0.15, 0.2) is 40.8 Å². The van der Waals surface area contributed by atoms with Crippen LogP contribution in [0.4, 0.5) is 5.69 Å². The number of esters is 1. The summed E-state index contributed by atoms with van der Waals surface area (Å²) in [6, 6.07) is 11.6. The summed E-state index contributed by atoms with van der Waals surface area (Å²) in [5.74, 6) is 1.49. The summed E-state index contributed by atoms with van der Waals surface area (Å²) in [5.41, 5.74) is 1.13. The van der Waals surface area contributed by atoms with Crippen molar-refractivity contribution >= 4 is 11.7 Å². The molecule has 0 spiro atoms. The predicted octanol–water partition coefficient (Wildman–Crippen LogP) is 2.40. The first-order valence-corrected chi connectivity index (χ1v) is 7.98. The minimum atomic E-state index is -0.442. The molecule has 0 radical (unpaired) electrons. The van der Waals surface area contributed by atoms with Crippen molar-refractivity contribution in [2.45, 2.75) is 6.54 Å². The highest BCUT2D eigenvalue weighted by atomic mass is 16.5. The molecule has 128 valence electrons. The van der Waals surface area contributed by atoms with Gasteiger partial charge in [-0.25, -0.2) is 4.79 Å². The lowest BCUT2D eigenvalue weighted by atomic mass is 10.2. The number of para-hydroxylation sites is 2. The van der Waals surface area contributed by atoms with Gasteiger partial charge in [-0.2, -0.15) is 0 Å². The molecule has 0 atom stereocenters. The van der Waals surface area contributed by atoms with Gasteiger partial charge in [0, 0.05) is 26.2 Å². The second-order valence-electron chi connectivity index (χ2n) is 5.69. The second-order valence-corrected chi connectivity index (χ2v) is 5.69. The molecule has 0 unspecified atom stereocenters. The Morgan fingerprint density at radius 1 is 1.08 bits per heavy atom. The highest BCUT2D eigenvalue weighted by molar-refractivity contribution is 5.86. The quantitative estimate of drug-likeness (QED) is 0.785. The Kier molecular flexibility index (Phi) is 5.05. The number of rotatable bonds is 5. The van der Waals surface area contributed by atoms with Gasteiger partial charge in [-0.1, -0.05) is 12.1 Å². The number of hydrogen-bond donors (Lipinski definition) is 0. The molecule has 6 heteroatoms. The highest BCUT2D eigenvalue weighted by Crippen LogP contribution is 2.28. The fraction of sp³-hybridized carbons (Fsp3) is 0.389. The fourth-order valence-electron chi connectivity index (χ4n) is 2.93. The molecule has 3 rings (SSSR count). The lowest BCUT2D eigenvalue weighted by Gasteiger charge is -2.36. The molecule has 2 aromatic rings. The smallest absolute Gasteiger partial charge is 0.373 e. The Labute approximate surface area is 141 Å². The number of piperazine rings is 1. The Hall–Kier alpha value is -2.47. The van der Waals surface area contributed by atoms with Crippen molar-refractivity contribution in [1.29, 1.82) is 0 Å². The van der Waals surface area contributed by atoms with Crippen LogP contribution >= 0.6 is 0 Å². The van der Waals surface area contributed by atoms with E-state index in [1.807, 2.05) is 24.3 Å². The van der Waals surface area contributed by atoms with Crippen LogP contribution in [0.25, 0.3) is 0 Å². The van der Waals surface area contributed by atoms with Gasteiger partial charge in [0.2, 0.25) is 5.76 Å². The summed E-state index contributed by atoms with van der Waals surface area (Å²) in [6.45, 7) is 4.38. The van der Waals surface area contributed by atoms with Gasteiger partial charge in [0.25, 0.3) is 0 Å². The molecule has 6 nitrogen and oxygen atoms in total. The van der Waals surface area contributed by atoms with Crippen molar-refractivity contribution in [3.05, 3.63) is 47.9 Å². The largest absolute Gasteiger partial charge is 0.495 e. The molecule has 1 aliphatic heterocycles. The maximum atomic E-state index is 11.4. The zero-order valence-corrected chi connectivity index (χ0v) is 14.0. The van der Waals surface area contributed by atoms with Crippen LogP contribution in [0, 0.1) is 0 Å². The van der Waals surface area contributed by atoms with Gasteiger partial charge in [0.05, 0.1) is 26.5 Å². The van der Waals surface area contributed by atoms with E-state index in [1.54, 1.807) is 13.2 Å². The number of carbonyl (C=O) groups excluding carboxylic acids is 1. The van der Waals surface area contributed by atoms with Crippen LogP contribution < -0.4 is 9.64 Å². The van der Waals surface area contributed by atoms with Crippen LogP contribution in [0.2, 0.25) is 0 Å². The standard InChI is InChI=1S/C18H22N2O4/c1-22-16-6-4-3-5-15(16)20-11-9-19(10-12-20)13-14-7-8-17(24-14)18(21)23-2/h3-8H,9-13H2,1-2H3. The summed E-state index contributed by atoms with van der Waals surface area (Å²) in [6.07, 6.45) is 0. The minimum absolute atomic E-state index is 0.250. The molecule has 1 saturated heterocycles. The van der Waals surface area contributed by atoms with Gasteiger partial charge in [0.15, 0.2) is 0 Å². The number of benzene rings is 1. The maximum absolute atomic E-state index is 11.4. The van der Waals surface area contributed by atoms with E-state index in [9.17, 15) is 4.79 Å². The van der Waals surface area contributed by atoms with Crippen LogP contribution in [-0.2, 0) is 11.3 Å². The molecule has 1 aromatic heterocycles. The lowest BCUT2D eigenvalue weighted by molar-refractivity contribution is 0.0561. The van der Waals surface area contributed by atoms with Crippen molar-refractivity contribution in [1.82, 2.24) is 4.90 Å². The summed E-state index contributed by atoms with van der Waals surface area (Å²) in [4.78, 5) is 16.1. The summed E-state index contributed by atoms with van der Waals surface area (Å²) in [5, 5.41) is 0. The first-order chi connectivity index (χ1) is 11.7. The molecular formula is C18H22N2O4. The Balaban J connectivity index is 1.57. The van der Waals surface area contributed by atoms with E-state index in [0.717, 1.165) is 43.4 Å². The normalized spacial score (nSPS) is 15.3. The van der Waals surface area contributed by atoms with Gasteiger partial charge in [-0.3, -0.25) is 4.90 Å². The van der Waals surface area contributed by atoms with Crippen LogP contribution in [0.3, 0.4) is 0 Å². The highest BCUT2D eigenvalue weighted by Gasteiger charge is 2.21. The molecular weight excluding hydrogens is 308 g/mol. The third-order valence-corrected chi connectivity index (χ3v) is 4.23. The van der Waals surface area contributed by atoms with Crippen LogP contribution in [0.1, 0.15) is 16.3 Å². The molecule has 0 aliphatic carbocycles. The zero-order chi connectivity index (χ0) is 16.9. The van der Waals surface area contributed by atoms with E-state index >= 15 is 0 Å². The number of carbonyl (C=O) groups is 1. The van der Waals surface area contributed by atoms with Gasteiger partial charge in [-0.05, 0) is 24.3 Å². The molecule has 0 N–H and O–H groups in total. The fourth-order valence-corrected chi connectivity index (χ4v) is 2.93. The molecule has 0 bridgehead atoms. The van der Waals surface area contributed by atoms with Crippen molar-refractivity contribution in [3.63, 3.8) is 0 Å². The predicted molar refractivity (Wildman–Crippen MR) is 90.5 cm³/mol. The van der Waals surface area contributed by atoms with Gasteiger partial charge in [0.1, 0.15) is 11.5 Å². The summed E-state index contributed by atoms with van der Waals surface area (Å²) >= 11 is 0. The van der Waals surface area contributed by atoms with E-state index in [2.05, 4.69) is 20.6 Å². The summed E-state index contributed by atoms with van der Waals surface area (Å²) in [7, 11) is 3.05. The van der Waals surface area contributed by atoms with Crippen molar-refractivity contribution in [3.8, 4) is 5.75 Å². The minimum Gasteiger partial charge on any atom is -0.495 e. The SMILES string of the molecule is COC(=O)c1ccc(CN2CCN(c3ccccc3OC)CC2)o1. The first kappa shape index (κ1) is 16.4. The topological polar surface area (TPSA) is 55.2 Å². The second kappa shape index (κ2) is 7.40. The van der Waals surface area contributed by atoms with Crippen molar-refractivity contribution in [2.75, 3.05) is 45.3 Å². The van der Waals surface area contributed by atoms with Gasteiger partial charge in [-0.15, -0.1) is 0 Å². The Bertz CT molecular complexity index is 690. The average molecular weight is 330 g/mol. The van der Waals surface area contributed by atoms with E-state index < -0.39 is 5.97 Å². The molecule has 1 aliphatic rings. The number of hydrogen-bond acceptors (Lipinski definition) is 6. The monoisotopic (exact) mass is 330 g/mol. The van der Waals surface area contributed by atoms with E-state index in [4.69, 9.17) is 9.15 Å². The van der Waals surface area contributed by atoms with Crippen LogP contribution in [-0.4, -0.2) is 51.3 Å². The number of methoxy groups -OCH3 is 2. The molecule has 0 saturated carbocycles. The number of nitrogens with zero attached hydrogens (tertiary/aromatic N) is 2. The van der Waals surface area contributed by atoms with E-state index in [1.165, 1.54) is 7.11 Å². The maximum Gasteiger partial charge on any atom is 0.373 e. The third kappa shape index (κ3) is 3.54. The Morgan fingerprint density at radius 3 is 2.54 bits per heavy atom. The molecule has 24 heavy (non-hydrogen) atoms. The molecule has 2 heterocycles.